The van der Waals surface area contributed by atoms with Crippen molar-refractivity contribution >= 4 is 0 Å². The molecule has 0 aromatic rings. The molecule has 1 rings (SSSR count). The number of ether oxygens (including phenoxy) is 1. The van der Waals surface area contributed by atoms with Gasteiger partial charge in [0, 0.05) is 13.2 Å². The lowest BCUT2D eigenvalue weighted by Gasteiger charge is -2.20. The van der Waals surface area contributed by atoms with Gasteiger partial charge in [-0.15, -0.1) is 0 Å². The molecule has 0 aromatic heterocycles. The van der Waals surface area contributed by atoms with Crippen molar-refractivity contribution in [2.24, 2.45) is 5.92 Å². The molecule has 0 spiro atoms. The summed E-state index contributed by atoms with van der Waals surface area (Å²) in [5.74, 6) is 0.432. The zero-order valence-corrected chi connectivity index (χ0v) is 9.83. The van der Waals surface area contributed by atoms with E-state index in [1.54, 1.807) is 0 Å². The molecule has 3 nitrogen and oxygen atoms in total. The molecule has 0 saturated carbocycles. The van der Waals surface area contributed by atoms with Crippen molar-refractivity contribution in [2.45, 2.75) is 51.7 Å². The first-order valence-electron chi connectivity index (χ1n) is 6.02. The Hall–Kier alpha value is -0.590. The highest BCUT2D eigenvalue weighted by Gasteiger charge is 2.20. The van der Waals surface area contributed by atoms with Gasteiger partial charge in [-0.3, -0.25) is 5.32 Å². The minimum Gasteiger partial charge on any atom is -0.377 e. The Morgan fingerprint density at radius 3 is 2.93 bits per heavy atom. The van der Waals surface area contributed by atoms with Crippen LogP contribution in [-0.4, -0.2) is 25.3 Å². The third kappa shape index (κ3) is 4.19. The summed E-state index contributed by atoms with van der Waals surface area (Å²) in [5, 5.41) is 12.4. The lowest BCUT2D eigenvalue weighted by Crippen LogP contribution is -2.38. The predicted octanol–water partition coefficient (Wildman–Crippen LogP) is 2.08. The van der Waals surface area contributed by atoms with Gasteiger partial charge >= 0.3 is 0 Å². The SMILES string of the molecule is CCCC(C)C(C#N)NCC1CCCO1. The summed E-state index contributed by atoms with van der Waals surface area (Å²) < 4.78 is 5.52. The van der Waals surface area contributed by atoms with Crippen molar-refractivity contribution in [2.75, 3.05) is 13.2 Å². The normalized spacial score (nSPS) is 24.7. The highest BCUT2D eigenvalue weighted by atomic mass is 16.5. The van der Waals surface area contributed by atoms with Crippen molar-refractivity contribution in [3.8, 4) is 6.07 Å². The van der Waals surface area contributed by atoms with E-state index in [2.05, 4.69) is 25.2 Å². The summed E-state index contributed by atoms with van der Waals surface area (Å²) in [4.78, 5) is 0. The molecular formula is C12H22N2O. The quantitative estimate of drug-likeness (QED) is 0.730. The molecule has 3 unspecified atom stereocenters. The standard InChI is InChI=1S/C12H22N2O/c1-3-5-10(2)12(8-13)14-9-11-6-4-7-15-11/h10-12,14H,3-7,9H2,1-2H3. The number of rotatable bonds is 6. The van der Waals surface area contributed by atoms with Gasteiger partial charge in [0.15, 0.2) is 0 Å². The van der Waals surface area contributed by atoms with Crippen LogP contribution in [0.25, 0.3) is 0 Å². The van der Waals surface area contributed by atoms with Crippen LogP contribution < -0.4 is 5.32 Å². The first kappa shape index (κ1) is 12.5. The number of nitrogens with zero attached hydrogens (tertiary/aromatic N) is 1. The number of hydrogen-bond acceptors (Lipinski definition) is 3. The molecule has 1 heterocycles. The van der Waals surface area contributed by atoms with Crippen molar-refractivity contribution < 1.29 is 4.74 Å². The van der Waals surface area contributed by atoms with Gasteiger partial charge in [-0.1, -0.05) is 20.3 Å². The van der Waals surface area contributed by atoms with E-state index in [-0.39, 0.29) is 6.04 Å². The molecule has 0 amide bonds. The smallest absolute Gasteiger partial charge is 0.0979 e. The summed E-state index contributed by atoms with van der Waals surface area (Å²) in [6, 6.07) is 2.32. The average molecular weight is 210 g/mol. The minimum absolute atomic E-state index is 0.0193. The van der Waals surface area contributed by atoms with Crippen molar-refractivity contribution in [3.05, 3.63) is 0 Å². The molecule has 0 aromatic carbocycles. The topological polar surface area (TPSA) is 45.0 Å². The highest BCUT2D eigenvalue weighted by molar-refractivity contribution is 4.93. The molecule has 0 bridgehead atoms. The van der Waals surface area contributed by atoms with E-state index in [0.717, 1.165) is 38.8 Å². The fourth-order valence-corrected chi connectivity index (χ4v) is 2.06. The van der Waals surface area contributed by atoms with Crippen LogP contribution in [0.2, 0.25) is 0 Å². The van der Waals surface area contributed by atoms with Gasteiger partial charge in [0.05, 0.1) is 18.2 Å². The zero-order valence-electron chi connectivity index (χ0n) is 9.83. The van der Waals surface area contributed by atoms with Crippen molar-refractivity contribution in [1.82, 2.24) is 5.32 Å². The molecule has 3 heteroatoms. The van der Waals surface area contributed by atoms with Gasteiger partial charge in [0.2, 0.25) is 0 Å². The molecule has 0 aliphatic carbocycles. The van der Waals surface area contributed by atoms with Gasteiger partial charge < -0.3 is 4.74 Å². The Morgan fingerprint density at radius 2 is 2.40 bits per heavy atom. The third-order valence-electron chi connectivity index (χ3n) is 3.04. The summed E-state index contributed by atoms with van der Waals surface area (Å²) in [6.07, 6.45) is 4.87. The van der Waals surface area contributed by atoms with E-state index in [4.69, 9.17) is 10.00 Å². The predicted molar refractivity (Wildman–Crippen MR) is 60.4 cm³/mol. The third-order valence-corrected chi connectivity index (χ3v) is 3.04. The Bertz CT molecular complexity index is 206. The Balaban J connectivity index is 2.23. The van der Waals surface area contributed by atoms with Crippen molar-refractivity contribution in [3.63, 3.8) is 0 Å². The van der Waals surface area contributed by atoms with Crippen LogP contribution in [-0.2, 0) is 4.74 Å². The van der Waals surface area contributed by atoms with Crippen LogP contribution in [0.4, 0.5) is 0 Å². The van der Waals surface area contributed by atoms with E-state index < -0.39 is 0 Å². The average Bonchev–Trinajstić information content (AvgIpc) is 2.72. The number of nitriles is 1. The maximum Gasteiger partial charge on any atom is 0.0979 e. The summed E-state index contributed by atoms with van der Waals surface area (Å²) in [7, 11) is 0. The van der Waals surface area contributed by atoms with Gasteiger partial charge in [-0.25, -0.2) is 0 Å². The number of nitrogens with one attached hydrogen (secondary N) is 1. The molecule has 3 atom stereocenters. The first-order chi connectivity index (χ1) is 7.27. The molecule has 86 valence electrons. The van der Waals surface area contributed by atoms with E-state index >= 15 is 0 Å². The van der Waals surface area contributed by atoms with Gasteiger partial charge in [0.25, 0.3) is 0 Å². The molecule has 0 radical (unpaired) electrons. The van der Waals surface area contributed by atoms with Crippen LogP contribution in [0.5, 0.6) is 0 Å². The van der Waals surface area contributed by atoms with Crippen molar-refractivity contribution in [1.29, 1.82) is 5.26 Å². The van der Waals surface area contributed by atoms with E-state index in [1.165, 1.54) is 0 Å². The second-order valence-electron chi connectivity index (χ2n) is 4.42. The molecule has 1 saturated heterocycles. The highest BCUT2D eigenvalue weighted by Crippen LogP contribution is 2.13. The largest absolute Gasteiger partial charge is 0.377 e. The van der Waals surface area contributed by atoms with Crippen LogP contribution in [0.15, 0.2) is 0 Å². The van der Waals surface area contributed by atoms with E-state index in [9.17, 15) is 0 Å². The van der Waals surface area contributed by atoms with E-state index in [1.807, 2.05) is 0 Å². The monoisotopic (exact) mass is 210 g/mol. The fourth-order valence-electron chi connectivity index (χ4n) is 2.06. The maximum absolute atomic E-state index is 9.04. The summed E-state index contributed by atoms with van der Waals surface area (Å²) in [6.45, 7) is 6.01. The lowest BCUT2D eigenvalue weighted by molar-refractivity contribution is 0.107. The Labute approximate surface area is 92.8 Å². The van der Waals surface area contributed by atoms with Crippen LogP contribution in [0.3, 0.4) is 0 Å². The molecule has 1 N–H and O–H groups in total. The van der Waals surface area contributed by atoms with Gasteiger partial charge in [-0.05, 0) is 25.2 Å². The van der Waals surface area contributed by atoms with Crippen LogP contribution in [0, 0.1) is 17.2 Å². The molecular weight excluding hydrogens is 188 g/mol. The summed E-state index contributed by atoms with van der Waals surface area (Å²) in [5.41, 5.74) is 0. The van der Waals surface area contributed by atoms with Gasteiger partial charge in [0.1, 0.15) is 0 Å². The Kier molecular flexibility index (Phi) is 5.67. The summed E-state index contributed by atoms with van der Waals surface area (Å²) >= 11 is 0. The second kappa shape index (κ2) is 6.81. The molecule has 1 aliphatic rings. The molecule has 15 heavy (non-hydrogen) atoms. The molecule has 1 fully saturated rings. The molecule has 1 aliphatic heterocycles. The zero-order chi connectivity index (χ0) is 11.1. The maximum atomic E-state index is 9.04. The second-order valence-corrected chi connectivity index (χ2v) is 4.42. The Morgan fingerprint density at radius 1 is 1.60 bits per heavy atom. The first-order valence-corrected chi connectivity index (χ1v) is 6.02. The van der Waals surface area contributed by atoms with E-state index in [0.29, 0.717) is 12.0 Å². The van der Waals surface area contributed by atoms with Gasteiger partial charge in [-0.2, -0.15) is 5.26 Å². The number of hydrogen-bond donors (Lipinski definition) is 1. The lowest BCUT2D eigenvalue weighted by atomic mass is 9.98. The van der Waals surface area contributed by atoms with Crippen LogP contribution in [0.1, 0.15) is 39.5 Å². The fraction of sp³-hybridized carbons (Fsp3) is 0.917. The minimum atomic E-state index is -0.0193. The van der Waals surface area contributed by atoms with Crippen LogP contribution >= 0.6 is 0 Å².